The summed E-state index contributed by atoms with van der Waals surface area (Å²) in [5.74, 6) is 0.453. The Labute approximate surface area is 170 Å². The Morgan fingerprint density at radius 3 is 2.82 bits per heavy atom. The maximum atomic E-state index is 12.9. The first-order chi connectivity index (χ1) is 13.5. The van der Waals surface area contributed by atoms with Crippen LogP contribution in [0.25, 0.3) is 11.0 Å². The van der Waals surface area contributed by atoms with Crippen LogP contribution in [0.2, 0.25) is 0 Å². The Bertz CT molecular complexity index is 1160. The third-order valence-corrected chi connectivity index (χ3v) is 6.41. The molecule has 0 fully saturated rings. The Hall–Kier alpha value is -2.77. The largest absolute Gasteiger partial charge is 0.506 e. The van der Waals surface area contributed by atoms with Gasteiger partial charge < -0.3 is 14.8 Å². The molecule has 5 nitrogen and oxygen atoms in total. The van der Waals surface area contributed by atoms with Gasteiger partial charge in [-0.15, -0.1) is 11.3 Å². The summed E-state index contributed by atoms with van der Waals surface area (Å²) in [7, 11) is 0. The van der Waals surface area contributed by atoms with Gasteiger partial charge in [-0.3, -0.25) is 4.79 Å². The number of phenolic OH excluding ortho intramolecular Hbond substituents is 1. The number of aromatic nitrogens is 1. The molecular formula is C21H18N2O3S2. The van der Waals surface area contributed by atoms with E-state index in [4.69, 9.17) is 4.42 Å². The molecule has 142 valence electrons. The minimum Gasteiger partial charge on any atom is -0.506 e. The zero-order chi connectivity index (χ0) is 19.7. The number of benzene rings is 2. The predicted octanol–water partition coefficient (Wildman–Crippen LogP) is 5.76. The average Bonchev–Trinajstić information content (AvgIpc) is 3.25. The van der Waals surface area contributed by atoms with E-state index in [-0.39, 0.29) is 17.4 Å². The summed E-state index contributed by atoms with van der Waals surface area (Å²) in [6.45, 7) is 3.83. The van der Waals surface area contributed by atoms with Crippen molar-refractivity contribution in [1.82, 2.24) is 4.98 Å². The molecule has 0 aliphatic heterocycles. The van der Waals surface area contributed by atoms with Crippen molar-refractivity contribution < 1.29 is 14.3 Å². The van der Waals surface area contributed by atoms with Gasteiger partial charge in [-0.2, -0.15) is 0 Å². The molecule has 0 unspecified atom stereocenters. The summed E-state index contributed by atoms with van der Waals surface area (Å²) in [6.07, 6.45) is 0. The zero-order valence-corrected chi connectivity index (χ0v) is 17.0. The van der Waals surface area contributed by atoms with E-state index in [1.807, 2.05) is 49.6 Å². The summed E-state index contributed by atoms with van der Waals surface area (Å²) in [5.41, 5.74) is 3.72. The predicted molar refractivity (Wildman–Crippen MR) is 113 cm³/mol. The van der Waals surface area contributed by atoms with Gasteiger partial charge in [-0.1, -0.05) is 36.0 Å². The van der Waals surface area contributed by atoms with Crippen molar-refractivity contribution in [2.45, 2.75) is 23.9 Å². The van der Waals surface area contributed by atoms with E-state index in [9.17, 15) is 9.90 Å². The number of amides is 1. The van der Waals surface area contributed by atoms with Crippen molar-refractivity contribution in [2.24, 2.45) is 0 Å². The molecule has 4 rings (SSSR count). The van der Waals surface area contributed by atoms with Gasteiger partial charge in [0.2, 0.25) is 0 Å². The molecular weight excluding hydrogens is 392 g/mol. The van der Waals surface area contributed by atoms with E-state index in [1.54, 1.807) is 35.2 Å². The fraction of sp³-hybridized carbons (Fsp3) is 0.143. The molecule has 2 N–H and O–H groups in total. The number of carbonyl (C=O) groups is 1. The first kappa shape index (κ1) is 18.6. The van der Waals surface area contributed by atoms with Gasteiger partial charge in [-0.05, 0) is 37.6 Å². The van der Waals surface area contributed by atoms with Crippen LogP contribution in [0.1, 0.15) is 27.4 Å². The number of furan rings is 1. The fourth-order valence-corrected chi connectivity index (χ4v) is 4.76. The lowest BCUT2D eigenvalue weighted by Gasteiger charge is -2.08. The number of phenols is 1. The first-order valence-corrected chi connectivity index (χ1v) is 10.5. The highest BCUT2D eigenvalue weighted by molar-refractivity contribution is 8.00. The molecule has 4 aromatic rings. The Morgan fingerprint density at radius 1 is 1.25 bits per heavy atom. The first-order valence-electron chi connectivity index (χ1n) is 8.67. The van der Waals surface area contributed by atoms with Crippen molar-refractivity contribution in [3.63, 3.8) is 0 Å². The van der Waals surface area contributed by atoms with E-state index in [1.165, 1.54) is 0 Å². The van der Waals surface area contributed by atoms with E-state index in [0.717, 1.165) is 26.5 Å². The quantitative estimate of drug-likeness (QED) is 0.323. The highest BCUT2D eigenvalue weighted by Crippen LogP contribution is 2.34. The number of para-hydroxylation sites is 1. The SMILES string of the molecule is Cc1ccc(NC(=O)c2oc3ccccc3c2CSc2nc(C)cs2)c(O)c1. The maximum absolute atomic E-state index is 12.9. The Balaban J connectivity index is 1.66. The summed E-state index contributed by atoms with van der Waals surface area (Å²) in [6, 6.07) is 12.7. The Morgan fingerprint density at radius 2 is 2.07 bits per heavy atom. The second kappa shape index (κ2) is 7.69. The van der Waals surface area contributed by atoms with Gasteiger partial charge in [0.05, 0.1) is 5.69 Å². The fourth-order valence-electron chi connectivity index (χ4n) is 2.88. The van der Waals surface area contributed by atoms with E-state index >= 15 is 0 Å². The summed E-state index contributed by atoms with van der Waals surface area (Å²) >= 11 is 3.16. The molecule has 0 saturated heterocycles. The number of rotatable bonds is 5. The number of hydrogen-bond donors (Lipinski definition) is 2. The number of carbonyl (C=O) groups excluding carboxylic acids is 1. The van der Waals surface area contributed by atoms with Crippen LogP contribution in [0, 0.1) is 13.8 Å². The molecule has 0 atom stereocenters. The van der Waals surface area contributed by atoms with Gasteiger partial charge in [0.1, 0.15) is 15.7 Å². The van der Waals surface area contributed by atoms with Crippen LogP contribution in [-0.2, 0) is 5.75 Å². The molecule has 1 amide bonds. The van der Waals surface area contributed by atoms with Crippen LogP contribution in [0.3, 0.4) is 0 Å². The third kappa shape index (κ3) is 3.76. The number of nitrogens with one attached hydrogen (secondary N) is 1. The number of aromatic hydroxyl groups is 1. The van der Waals surface area contributed by atoms with E-state index in [2.05, 4.69) is 10.3 Å². The molecule has 28 heavy (non-hydrogen) atoms. The lowest BCUT2D eigenvalue weighted by atomic mass is 10.1. The van der Waals surface area contributed by atoms with Crippen molar-refractivity contribution in [2.75, 3.05) is 5.32 Å². The highest BCUT2D eigenvalue weighted by Gasteiger charge is 2.22. The number of aryl methyl sites for hydroxylation is 2. The molecule has 7 heteroatoms. The summed E-state index contributed by atoms with van der Waals surface area (Å²) < 4.78 is 6.82. The molecule has 2 heterocycles. The van der Waals surface area contributed by atoms with Crippen molar-refractivity contribution >= 4 is 45.7 Å². The van der Waals surface area contributed by atoms with Crippen LogP contribution in [0.5, 0.6) is 5.75 Å². The van der Waals surface area contributed by atoms with Crippen LogP contribution in [0.4, 0.5) is 5.69 Å². The number of thioether (sulfide) groups is 1. The molecule has 0 bridgehead atoms. The maximum Gasteiger partial charge on any atom is 0.291 e. The van der Waals surface area contributed by atoms with Gasteiger partial charge in [0.15, 0.2) is 5.76 Å². The minimum atomic E-state index is -0.388. The third-order valence-electron chi connectivity index (χ3n) is 4.24. The van der Waals surface area contributed by atoms with Crippen molar-refractivity contribution in [1.29, 1.82) is 0 Å². The van der Waals surface area contributed by atoms with Gasteiger partial charge in [-0.25, -0.2) is 4.98 Å². The van der Waals surface area contributed by atoms with Crippen LogP contribution in [-0.4, -0.2) is 16.0 Å². The minimum absolute atomic E-state index is 0.0265. The smallest absolute Gasteiger partial charge is 0.291 e. The second-order valence-corrected chi connectivity index (χ2v) is 8.50. The number of nitrogens with zero attached hydrogens (tertiary/aromatic N) is 1. The monoisotopic (exact) mass is 410 g/mol. The van der Waals surface area contributed by atoms with Crippen molar-refractivity contribution in [3.05, 3.63) is 70.4 Å². The molecule has 0 aliphatic carbocycles. The number of fused-ring (bicyclic) bond motifs is 1. The van der Waals surface area contributed by atoms with Crippen LogP contribution < -0.4 is 5.32 Å². The standard InChI is InChI=1S/C21H18N2O3S2/c1-12-7-8-16(17(24)9-12)23-20(25)19-15(11-28-21-22-13(2)10-27-21)14-5-3-4-6-18(14)26-19/h3-10,24H,11H2,1-2H3,(H,23,25). The average molecular weight is 411 g/mol. The lowest BCUT2D eigenvalue weighted by molar-refractivity contribution is 0.0997. The zero-order valence-electron chi connectivity index (χ0n) is 15.4. The number of hydrogen-bond acceptors (Lipinski definition) is 6. The molecule has 0 aliphatic rings. The van der Waals surface area contributed by atoms with E-state index in [0.29, 0.717) is 17.0 Å². The molecule has 0 spiro atoms. The van der Waals surface area contributed by atoms with Crippen LogP contribution >= 0.6 is 23.1 Å². The van der Waals surface area contributed by atoms with Gasteiger partial charge in [0.25, 0.3) is 5.91 Å². The second-order valence-electron chi connectivity index (χ2n) is 6.42. The Kier molecular flexibility index (Phi) is 5.11. The summed E-state index contributed by atoms with van der Waals surface area (Å²) in [5, 5.41) is 15.8. The van der Waals surface area contributed by atoms with Gasteiger partial charge in [0, 0.05) is 27.8 Å². The normalized spacial score (nSPS) is 11.1. The van der Waals surface area contributed by atoms with Gasteiger partial charge >= 0.3 is 0 Å². The molecule has 2 aromatic heterocycles. The molecule has 0 saturated carbocycles. The van der Waals surface area contributed by atoms with E-state index < -0.39 is 0 Å². The highest BCUT2D eigenvalue weighted by atomic mass is 32.2. The lowest BCUT2D eigenvalue weighted by Crippen LogP contribution is -2.13. The van der Waals surface area contributed by atoms with Crippen molar-refractivity contribution in [3.8, 4) is 5.75 Å². The molecule has 2 aromatic carbocycles. The molecule has 0 radical (unpaired) electrons. The summed E-state index contributed by atoms with van der Waals surface area (Å²) in [4.78, 5) is 17.4. The number of anilines is 1. The topological polar surface area (TPSA) is 75.4 Å². The van der Waals surface area contributed by atoms with Crippen LogP contribution in [0.15, 0.2) is 56.6 Å². The number of thiazole rings is 1.